The summed E-state index contributed by atoms with van der Waals surface area (Å²) in [4.78, 5) is 14.3. The zero-order valence-corrected chi connectivity index (χ0v) is 12.8. The summed E-state index contributed by atoms with van der Waals surface area (Å²) in [7, 11) is 0. The van der Waals surface area contributed by atoms with Crippen LogP contribution in [-0.4, -0.2) is 16.1 Å². The summed E-state index contributed by atoms with van der Waals surface area (Å²) in [5.74, 6) is 1.21. The molecule has 0 saturated heterocycles. The number of nitro groups is 1. The highest BCUT2D eigenvalue weighted by Crippen LogP contribution is 2.28. The Morgan fingerprint density at radius 2 is 2.00 bits per heavy atom. The Kier molecular flexibility index (Phi) is 4.33. The summed E-state index contributed by atoms with van der Waals surface area (Å²) in [5.41, 5.74) is 5.33. The lowest BCUT2D eigenvalue weighted by Crippen LogP contribution is -1.90. The van der Waals surface area contributed by atoms with E-state index in [2.05, 4.69) is 15.5 Å². The first kappa shape index (κ1) is 15.4. The fourth-order valence-electron chi connectivity index (χ4n) is 2.20. The van der Waals surface area contributed by atoms with Crippen LogP contribution in [-0.2, 0) is 0 Å². The number of hydrogen-bond acceptors (Lipinski definition) is 6. The van der Waals surface area contributed by atoms with Crippen molar-refractivity contribution in [3.8, 4) is 11.3 Å². The lowest BCUT2D eigenvalue weighted by Gasteiger charge is -2.02. The molecule has 7 heteroatoms. The second-order valence-corrected chi connectivity index (χ2v) is 5.06. The van der Waals surface area contributed by atoms with Gasteiger partial charge in [0.1, 0.15) is 11.5 Å². The Labute approximate surface area is 137 Å². The molecular weight excluding hydrogens is 308 g/mol. The van der Waals surface area contributed by atoms with Crippen LogP contribution in [0.3, 0.4) is 0 Å². The van der Waals surface area contributed by atoms with Gasteiger partial charge in [-0.15, -0.1) is 0 Å². The van der Waals surface area contributed by atoms with Crippen LogP contribution < -0.4 is 5.43 Å². The number of non-ortho nitro benzene ring substituents is 1. The fourth-order valence-corrected chi connectivity index (χ4v) is 2.20. The average molecular weight is 322 g/mol. The van der Waals surface area contributed by atoms with Crippen LogP contribution in [0.2, 0.25) is 0 Å². The zero-order chi connectivity index (χ0) is 16.9. The molecule has 0 fully saturated rings. The number of benzene rings is 1. The first-order valence-corrected chi connectivity index (χ1v) is 7.18. The predicted octanol–water partition coefficient (Wildman–Crippen LogP) is 4.00. The Hall–Kier alpha value is -3.48. The largest absolute Gasteiger partial charge is 0.455 e. The van der Waals surface area contributed by atoms with E-state index < -0.39 is 4.92 Å². The summed E-state index contributed by atoms with van der Waals surface area (Å²) in [6.45, 7) is 1.81. The maximum atomic E-state index is 10.8. The lowest BCUT2D eigenvalue weighted by atomic mass is 10.1. The summed E-state index contributed by atoms with van der Waals surface area (Å²) < 4.78 is 5.72. The SMILES string of the molecule is Cc1cc([N+](=O)[O-])ccc1-c1ccc(/C=N/Nc2ccncc2)o1. The molecule has 0 bridgehead atoms. The Morgan fingerprint density at radius 1 is 1.21 bits per heavy atom. The third-order valence-electron chi connectivity index (χ3n) is 3.38. The maximum Gasteiger partial charge on any atom is 0.269 e. The smallest absolute Gasteiger partial charge is 0.269 e. The van der Waals surface area contributed by atoms with Crippen LogP contribution in [0.25, 0.3) is 11.3 Å². The number of hydrazone groups is 1. The van der Waals surface area contributed by atoms with E-state index in [0.29, 0.717) is 11.5 Å². The Bertz CT molecular complexity index is 888. The highest BCUT2D eigenvalue weighted by Gasteiger charge is 2.11. The molecule has 1 N–H and O–H groups in total. The van der Waals surface area contributed by atoms with Gasteiger partial charge in [-0.2, -0.15) is 5.10 Å². The third kappa shape index (κ3) is 3.46. The molecule has 0 spiro atoms. The highest BCUT2D eigenvalue weighted by molar-refractivity contribution is 5.78. The van der Waals surface area contributed by atoms with Crippen molar-refractivity contribution < 1.29 is 9.34 Å². The van der Waals surface area contributed by atoms with Crippen molar-refractivity contribution in [2.45, 2.75) is 6.92 Å². The van der Waals surface area contributed by atoms with E-state index in [4.69, 9.17) is 4.42 Å². The zero-order valence-electron chi connectivity index (χ0n) is 12.8. The van der Waals surface area contributed by atoms with Crippen molar-refractivity contribution in [2.75, 3.05) is 5.43 Å². The summed E-state index contributed by atoms with van der Waals surface area (Å²) in [6.07, 6.45) is 4.89. The van der Waals surface area contributed by atoms with Gasteiger partial charge in [0.25, 0.3) is 5.69 Å². The third-order valence-corrected chi connectivity index (χ3v) is 3.38. The van der Waals surface area contributed by atoms with Gasteiger partial charge in [0.2, 0.25) is 0 Å². The number of aryl methyl sites for hydroxylation is 1. The summed E-state index contributed by atoms with van der Waals surface area (Å²) in [5, 5.41) is 14.9. The van der Waals surface area contributed by atoms with Crippen molar-refractivity contribution in [1.82, 2.24) is 4.98 Å². The van der Waals surface area contributed by atoms with Crippen LogP contribution in [0.4, 0.5) is 11.4 Å². The Balaban J connectivity index is 1.75. The molecular formula is C17H14N4O3. The molecule has 1 aromatic carbocycles. The standard InChI is InChI=1S/C17H14N4O3/c1-12-10-14(21(22)23)2-4-16(12)17-5-3-15(24-17)11-19-20-13-6-8-18-9-7-13/h2-11H,1H3,(H,18,20)/b19-11+. The number of nitrogens with one attached hydrogen (secondary N) is 1. The van der Waals surface area contributed by atoms with E-state index in [1.165, 1.54) is 12.1 Å². The van der Waals surface area contributed by atoms with E-state index in [1.54, 1.807) is 42.9 Å². The number of aromatic nitrogens is 1. The molecule has 2 aromatic heterocycles. The number of furan rings is 1. The second-order valence-electron chi connectivity index (χ2n) is 5.06. The molecule has 0 unspecified atom stereocenters. The van der Waals surface area contributed by atoms with Gasteiger partial charge in [0, 0.05) is 30.1 Å². The van der Waals surface area contributed by atoms with Gasteiger partial charge in [0.15, 0.2) is 0 Å². The molecule has 0 atom stereocenters. The number of nitrogens with zero attached hydrogens (tertiary/aromatic N) is 3. The fraction of sp³-hybridized carbons (Fsp3) is 0.0588. The van der Waals surface area contributed by atoms with Crippen molar-refractivity contribution in [2.24, 2.45) is 5.10 Å². The van der Waals surface area contributed by atoms with Gasteiger partial charge in [-0.25, -0.2) is 0 Å². The van der Waals surface area contributed by atoms with Crippen LogP contribution in [0.1, 0.15) is 11.3 Å². The molecule has 120 valence electrons. The maximum absolute atomic E-state index is 10.8. The van der Waals surface area contributed by atoms with Gasteiger partial charge in [-0.3, -0.25) is 20.5 Å². The molecule has 0 aliphatic carbocycles. The monoisotopic (exact) mass is 322 g/mol. The van der Waals surface area contributed by atoms with Crippen LogP contribution in [0, 0.1) is 17.0 Å². The first-order chi connectivity index (χ1) is 11.6. The van der Waals surface area contributed by atoms with E-state index >= 15 is 0 Å². The lowest BCUT2D eigenvalue weighted by molar-refractivity contribution is -0.384. The molecule has 3 aromatic rings. The molecule has 2 heterocycles. The first-order valence-electron chi connectivity index (χ1n) is 7.18. The molecule has 24 heavy (non-hydrogen) atoms. The quantitative estimate of drug-likeness (QED) is 0.435. The van der Waals surface area contributed by atoms with Crippen molar-refractivity contribution in [3.63, 3.8) is 0 Å². The minimum Gasteiger partial charge on any atom is -0.455 e. The van der Waals surface area contributed by atoms with Gasteiger partial charge in [-0.05, 0) is 42.8 Å². The normalized spacial score (nSPS) is 10.9. The molecule has 0 aliphatic heterocycles. The molecule has 0 aliphatic rings. The second kappa shape index (κ2) is 6.74. The number of anilines is 1. The Morgan fingerprint density at radius 3 is 2.71 bits per heavy atom. The minimum atomic E-state index is -0.415. The van der Waals surface area contributed by atoms with E-state index in [9.17, 15) is 10.1 Å². The van der Waals surface area contributed by atoms with Crippen molar-refractivity contribution >= 4 is 17.6 Å². The van der Waals surface area contributed by atoms with Crippen LogP contribution in [0.15, 0.2) is 64.4 Å². The molecule has 0 radical (unpaired) electrons. The van der Waals surface area contributed by atoms with E-state index in [0.717, 1.165) is 16.8 Å². The van der Waals surface area contributed by atoms with E-state index in [-0.39, 0.29) is 5.69 Å². The number of rotatable bonds is 5. The van der Waals surface area contributed by atoms with Gasteiger partial charge >= 0.3 is 0 Å². The molecule has 7 nitrogen and oxygen atoms in total. The average Bonchev–Trinajstić information content (AvgIpc) is 3.04. The summed E-state index contributed by atoms with van der Waals surface area (Å²) >= 11 is 0. The summed E-state index contributed by atoms with van der Waals surface area (Å²) in [6, 6.07) is 11.9. The van der Waals surface area contributed by atoms with Crippen LogP contribution in [0.5, 0.6) is 0 Å². The van der Waals surface area contributed by atoms with Crippen molar-refractivity contribution in [1.29, 1.82) is 0 Å². The molecule has 3 rings (SSSR count). The van der Waals surface area contributed by atoms with Crippen LogP contribution >= 0.6 is 0 Å². The van der Waals surface area contributed by atoms with Gasteiger partial charge in [-0.1, -0.05) is 0 Å². The van der Waals surface area contributed by atoms with Gasteiger partial charge in [0.05, 0.1) is 16.8 Å². The number of nitro benzene ring substituents is 1. The molecule has 0 amide bonds. The van der Waals surface area contributed by atoms with Crippen molar-refractivity contribution in [3.05, 3.63) is 76.3 Å². The van der Waals surface area contributed by atoms with Gasteiger partial charge < -0.3 is 4.42 Å². The molecule has 0 saturated carbocycles. The number of pyridine rings is 1. The predicted molar refractivity (Wildman–Crippen MR) is 91.0 cm³/mol. The topological polar surface area (TPSA) is 93.6 Å². The highest BCUT2D eigenvalue weighted by atomic mass is 16.6. The number of hydrogen-bond donors (Lipinski definition) is 1. The minimum absolute atomic E-state index is 0.0612. The van der Waals surface area contributed by atoms with E-state index in [1.807, 2.05) is 13.0 Å².